The third-order valence-corrected chi connectivity index (χ3v) is 8.15. The molecular weight excluding hydrogens is 248 g/mol. The van der Waals surface area contributed by atoms with Gasteiger partial charge in [0.2, 0.25) is 0 Å². The van der Waals surface area contributed by atoms with E-state index in [-0.39, 0.29) is 5.04 Å². The molecule has 19 heavy (non-hydrogen) atoms. The first-order chi connectivity index (χ1) is 8.74. The van der Waals surface area contributed by atoms with Crippen molar-refractivity contribution < 1.29 is 4.43 Å². The third-order valence-electron chi connectivity index (χ3n) is 3.67. The Balaban J connectivity index is 2.56. The quantitative estimate of drug-likeness (QED) is 0.571. The van der Waals surface area contributed by atoms with E-state index in [0.29, 0.717) is 6.61 Å². The largest absolute Gasteiger partial charge is 0.406 e. The lowest BCUT2D eigenvalue weighted by Crippen LogP contribution is -2.40. The first kappa shape index (κ1) is 15.8. The summed E-state index contributed by atoms with van der Waals surface area (Å²) in [4.78, 5) is 0. The average Bonchev–Trinajstić information content (AvgIpc) is 2.34. The summed E-state index contributed by atoms with van der Waals surface area (Å²) in [7, 11) is -1.69. The van der Waals surface area contributed by atoms with Gasteiger partial charge in [-0.25, -0.2) is 0 Å². The maximum atomic E-state index is 6.00. The maximum Gasteiger partial charge on any atom is 0.193 e. The molecule has 1 aromatic rings. The number of rotatable bonds is 3. The molecule has 1 aromatic carbocycles. The predicted molar refractivity (Wildman–Crippen MR) is 86.4 cm³/mol. The highest BCUT2D eigenvalue weighted by molar-refractivity contribution is 6.74. The Labute approximate surface area is 118 Å². The molecule has 0 atom stereocenters. The van der Waals surface area contributed by atoms with E-state index in [1.807, 2.05) is 30.3 Å². The summed E-state index contributed by atoms with van der Waals surface area (Å²) in [5, 5.41) is 0.227. The summed E-state index contributed by atoms with van der Waals surface area (Å²) in [6, 6.07) is 10.0. The minimum Gasteiger partial charge on any atom is -0.406 e. The van der Waals surface area contributed by atoms with E-state index in [4.69, 9.17) is 4.43 Å². The van der Waals surface area contributed by atoms with Gasteiger partial charge >= 0.3 is 0 Å². The SMILES string of the molecule is C=C(C#CCO[Si](C)(C)C(C)(C)C)c1ccccc1. The van der Waals surface area contributed by atoms with Gasteiger partial charge in [0, 0.05) is 5.57 Å². The number of hydrogen-bond acceptors (Lipinski definition) is 1. The maximum absolute atomic E-state index is 6.00. The monoisotopic (exact) mass is 272 g/mol. The molecule has 0 N–H and O–H groups in total. The highest BCUT2D eigenvalue weighted by atomic mass is 28.4. The number of hydrogen-bond donors (Lipinski definition) is 0. The van der Waals surface area contributed by atoms with Crippen LogP contribution in [-0.4, -0.2) is 14.9 Å². The zero-order valence-electron chi connectivity index (χ0n) is 12.7. The molecule has 0 spiro atoms. The first-order valence-electron chi connectivity index (χ1n) is 6.61. The Hall–Kier alpha value is -1.30. The normalized spacial score (nSPS) is 11.6. The fraction of sp³-hybridized carbons (Fsp3) is 0.412. The molecule has 0 radical (unpaired) electrons. The van der Waals surface area contributed by atoms with Crippen LogP contribution in [0.15, 0.2) is 36.9 Å². The molecule has 0 aliphatic rings. The second-order valence-corrected chi connectivity index (χ2v) is 11.0. The van der Waals surface area contributed by atoms with Crippen LogP contribution in [0.4, 0.5) is 0 Å². The van der Waals surface area contributed by atoms with Gasteiger partial charge in [-0.1, -0.05) is 69.5 Å². The van der Waals surface area contributed by atoms with Crippen LogP contribution in [0.5, 0.6) is 0 Å². The molecule has 0 unspecified atom stereocenters. The fourth-order valence-electron chi connectivity index (χ4n) is 1.29. The van der Waals surface area contributed by atoms with Crippen molar-refractivity contribution in [2.24, 2.45) is 0 Å². The molecule has 0 aliphatic heterocycles. The van der Waals surface area contributed by atoms with Gasteiger partial charge in [-0.2, -0.15) is 0 Å². The van der Waals surface area contributed by atoms with E-state index in [2.05, 4.69) is 52.3 Å². The number of benzene rings is 1. The topological polar surface area (TPSA) is 9.23 Å². The van der Waals surface area contributed by atoms with Crippen LogP contribution >= 0.6 is 0 Å². The van der Waals surface area contributed by atoms with E-state index in [1.54, 1.807) is 0 Å². The van der Waals surface area contributed by atoms with Gasteiger partial charge in [0.1, 0.15) is 0 Å². The van der Waals surface area contributed by atoms with Crippen molar-refractivity contribution in [2.75, 3.05) is 6.61 Å². The molecule has 0 bridgehead atoms. The predicted octanol–water partition coefficient (Wildman–Crippen LogP) is 4.73. The molecule has 0 heterocycles. The van der Waals surface area contributed by atoms with Crippen molar-refractivity contribution in [1.82, 2.24) is 0 Å². The van der Waals surface area contributed by atoms with Crippen molar-refractivity contribution in [3.63, 3.8) is 0 Å². The Morgan fingerprint density at radius 3 is 2.32 bits per heavy atom. The van der Waals surface area contributed by atoms with Crippen LogP contribution < -0.4 is 0 Å². The molecular formula is C17H24OSi. The Bertz CT molecular complexity index is 483. The number of allylic oxidation sites excluding steroid dienone is 1. The average molecular weight is 272 g/mol. The lowest BCUT2D eigenvalue weighted by Gasteiger charge is -2.35. The molecule has 1 rings (SSSR count). The second-order valence-electron chi connectivity index (χ2n) is 6.20. The molecule has 0 saturated heterocycles. The van der Waals surface area contributed by atoms with Crippen molar-refractivity contribution in [3.8, 4) is 11.8 Å². The van der Waals surface area contributed by atoms with Crippen molar-refractivity contribution >= 4 is 13.9 Å². The highest BCUT2D eigenvalue weighted by Crippen LogP contribution is 2.36. The van der Waals surface area contributed by atoms with E-state index in [1.165, 1.54) is 0 Å². The summed E-state index contributed by atoms with van der Waals surface area (Å²) in [5.41, 5.74) is 1.92. The summed E-state index contributed by atoms with van der Waals surface area (Å²) in [5.74, 6) is 6.15. The Kier molecular flexibility index (Phi) is 5.17. The zero-order valence-corrected chi connectivity index (χ0v) is 13.7. The third kappa shape index (κ3) is 4.70. The second kappa shape index (κ2) is 6.23. The minimum absolute atomic E-state index is 0.227. The van der Waals surface area contributed by atoms with Crippen LogP contribution in [0, 0.1) is 11.8 Å². The van der Waals surface area contributed by atoms with Gasteiger partial charge in [0.25, 0.3) is 0 Å². The summed E-state index contributed by atoms with van der Waals surface area (Å²) in [6.07, 6.45) is 0. The molecule has 0 amide bonds. The van der Waals surface area contributed by atoms with Gasteiger partial charge in [0.05, 0.1) is 6.61 Å². The van der Waals surface area contributed by atoms with Crippen molar-refractivity contribution in [3.05, 3.63) is 42.5 Å². The van der Waals surface area contributed by atoms with Gasteiger partial charge in [-0.15, -0.1) is 0 Å². The van der Waals surface area contributed by atoms with Gasteiger partial charge < -0.3 is 4.43 Å². The molecule has 0 aromatic heterocycles. The van der Waals surface area contributed by atoms with Crippen molar-refractivity contribution in [2.45, 2.75) is 38.9 Å². The van der Waals surface area contributed by atoms with Crippen LogP contribution in [0.3, 0.4) is 0 Å². The molecule has 0 saturated carbocycles. The standard InChI is InChI=1S/C17H24OSi/c1-15(16-12-8-7-9-13-16)11-10-14-18-19(5,6)17(2,3)4/h7-9,12-13H,1,14H2,2-6H3. The van der Waals surface area contributed by atoms with Crippen molar-refractivity contribution in [1.29, 1.82) is 0 Å². The van der Waals surface area contributed by atoms with Gasteiger partial charge in [0.15, 0.2) is 8.32 Å². The first-order valence-corrected chi connectivity index (χ1v) is 9.52. The van der Waals surface area contributed by atoms with Crippen LogP contribution in [0.2, 0.25) is 18.1 Å². The van der Waals surface area contributed by atoms with E-state index in [0.717, 1.165) is 11.1 Å². The van der Waals surface area contributed by atoms with Gasteiger partial charge in [-0.3, -0.25) is 0 Å². The highest BCUT2D eigenvalue weighted by Gasteiger charge is 2.36. The molecule has 102 valence electrons. The smallest absolute Gasteiger partial charge is 0.193 e. The fourth-order valence-corrected chi connectivity index (χ4v) is 2.15. The van der Waals surface area contributed by atoms with Crippen LogP contribution in [0.25, 0.3) is 5.57 Å². The molecule has 0 fully saturated rings. The Morgan fingerprint density at radius 2 is 1.79 bits per heavy atom. The lowest BCUT2D eigenvalue weighted by molar-refractivity contribution is 0.334. The van der Waals surface area contributed by atoms with E-state index in [9.17, 15) is 0 Å². The summed E-state index contributed by atoms with van der Waals surface area (Å²) in [6.45, 7) is 15.6. The molecule has 1 nitrogen and oxygen atoms in total. The zero-order chi connectivity index (χ0) is 14.5. The Morgan fingerprint density at radius 1 is 1.21 bits per heavy atom. The van der Waals surface area contributed by atoms with E-state index >= 15 is 0 Å². The summed E-state index contributed by atoms with van der Waals surface area (Å²) < 4.78 is 6.00. The van der Waals surface area contributed by atoms with Crippen LogP contribution in [-0.2, 0) is 4.43 Å². The van der Waals surface area contributed by atoms with Crippen LogP contribution in [0.1, 0.15) is 26.3 Å². The van der Waals surface area contributed by atoms with Gasteiger partial charge in [-0.05, 0) is 23.7 Å². The molecule has 2 heteroatoms. The van der Waals surface area contributed by atoms with E-state index < -0.39 is 8.32 Å². The minimum atomic E-state index is -1.69. The summed E-state index contributed by atoms with van der Waals surface area (Å²) >= 11 is 0. The lowest BCUT2D eigenvalue weighted by atomic mass is 10.1. The molecule has 0 aliphatic carbocycles.